The Balaban J connectivity index is 1.49. The second-order valence-corrected chi connectivity index (χ2v) is 7.86. The van der Waals surface area contributed by atoms with Crippen molar-refractivity contribution < 1.29 is 14.3 Å². The van der Waals surface area contributed by atoms with Crippen LogP contribution in [0.1, 0.15) is 42.1 Å². The molecule has 1 N–H and O–H groups in total. The zero-order valence-corrected chi connectivity index (χ0v) is 16.8. The fraction of sp³-hybridized carbons (Fsp3) is 0.350. The second kappa shape index (κ2) is 8.60. The van der Waals surface area contributed by atoms with Crippen LogP contribution in [0.15, 0.2) is 41.6 Å². The van der Waals surface area contributed by atoms with Crippen LogP contribution in [0.25, 0.3) is 10.8 Å². The number of aromatic nitrogens is 4. The van der Waals surface area contributed by atoms with Crippen LogP contribution in [0.2, 0.25) is 0 Å². The minimum Gasteiger partial charge on any atom is -0.465 e. The topological polar surface area (TPSA) is 99.0 Å². The Hall–Kier alpha value is -2.94. The highest BCUT2D eigenvalue weighted by atomic mass is 32.2. The Morgan fingerprint density at radius 3 is 2.66 bits per heavy atom. The van der Waals surface area contributed by atoms with Crippen molar-refractivity contribution in [2.45, 2.75) is 36.9 Å². The molecule has 4 rings (SSSR count). The largest absolute Gasteiger partial charge is 0.465 e. The molecule has 1 aliphatic carbocycles. The van der Waals surface area contributed by atoms with E-state index in [4.69, 9.17) is 4.74 Å². The Labute approximate surface area is 172 Å². The number of amides is 1. The van der Waals surface area contributed by atoms with Gasteiger partial charge < -0.3 is 10.1 Å². The molecule has 0 unspecified atom stereocenters. The third-order valence-electron chi connectivity index (χ3n) is 5.03. The summed E-state index contributed by atoms with van der Waals surface area (Å²) in [5.41, 5.74) is 0.747. The van der Waals surface area contributed by atoms with Gasteiger partial charge in [-0.05, 0) is 46.2 Å². The predicted molar refractivity (Wildman–Crippen MR) is 110 cm³/mol. The lowest BCUT2D eigenvalue weighted by molar-refractivity contribution is -0.113. The van der Waals surface area contributed by atoms with Crippen molar-refractivity contribution in [2.24, 2.45) is 0 Å². The number of tetrazole rings is 1. The number of benzene rings is 2. The van der Waals surface area contributed by atoms with Crippen molar-refractivity contribution >= 4 is 40.1 Å². The quantitative estimate of drug-likeness (QED) is 0.490. The van der Waals surface area contributed by atoms with Gasteiger partial charge in [0.25, 0.3) is 0 Å². The number of carbonyl (C=O) groups excluding carboxylic acids is 2. The van der Waals surface area contributed by atoms with Crippen LogP contribution in [0.4, 0.5) is 5.69 Å². The van der Waals surface area contributed by atoms with Crippen LogP contribution in [-0.4, -0.2) is 44.9 Å². The third-order valence-corrected chi connectivity index (χ3v) is 5.96. The lowest BCUT2D eigenvalue weighted by Gasteiger charge is -2.12. The standard InChI is InChI=1S/C20H21N5O3S/c1-28-19(27)16-10-13-6-2-3-7-14(13)11-17(16)21-18(26)12-29-20-22-23-24-25(20)15-8-4-5-9-15/h2-3,6-7,10-11,15H,4-5,8-9,12H2,1H3,(H,21,26). The van der Waals surface area contributed by atoms with E-state index in [0.29, 0.717) is 22.4 Å². The number of fused-ring (bicyclic) bond motifs is 1. The maximum Gasteiger partial charge on any atom is 0.339 e. The number of hydrogen-bond acceptors (Lipinski definition) is 7. The molecule has 1 heterocycles. The molecule has 1 saturated carbocycles. The normalized spacial score (nSPS) is 14.2. The molecular formula is C20H21N5O3S. The average molecular weight is 411 g/mol. The molecule has 150 valence electrons. The van der Waals surface area contributed by atoms with Gasteiger partial charge in [0, 0.05) is 0 Å². The smallest absolute Gasteiger partial charge is 0.339 e. The lowest BCUT2D eigenvalue weighted by Crippen LogP contribution is -2.18. The zero-order valence-electron chi connectivity index (χ0n) is 16.0. The molecule has 1 fully saturated rings. The van der Waals surface area contributed by atoms with E-state index < -0.39 is 5.97 Å². The molecule has 2 aromatic carbocycles. The summed E-state index contributed by atoms with van der Waals surface area (Å²) in [6.45, 7) is 0. The van der Waals surface area contributed by atoms with Crippen LogP contribution in [-0.2, 0) is 9.53 Å². The third kappa shape index (κ3) is 4.24. The first-order valence-electron chi connectivity index (χ1n) is 9.47. The summed E-state index contributed by atoms with van der Waals surface area (Å²) in [6, 6.07) is 11.5. The molecule has 29 heavy (non-hydrogen) atoms. The molecule has 9 heteroatoms. The predicted octanol–water partition coefficient (Wildman–Crippen LogP) is 3.46. The Morgan fingerprint density at radius 1 is 1.21 bits per heavy atom. The van der Waals surface area contributed by atoms with Crippen molar-refractivity contribution in [3.8, 4) is 0 Å². The summed E-state index contributed by atoms with van der Waals surface area (Å²) in [6.07, 6.45) is 4.47. The van der Waals surface area contributed by atoms with Gasteiger partial charge in [0.05, 0.1) is 30.2 Å². The Bertz CT molecular complexity index is 1050. The fourth-order valence-electron chi connectivity index (χ4n) is 3.60. The minimum atomic E-state index is -0.496. The number of thioether (sulfide) groups is 1. The highest BCUT2D eigenvalue weighted by molar-refractivity contribution is 7.99. The molecule has 0 aliphatic heterocycles. The van der Waals surface area contributed by atoms with E-state index in [2.05, 4.69) is 20.8 Å². The number of esters is 1. The first-order chi connectivity index (χ1) is 14.2. The maximum absolute atomic E-state index is 12.6. The first kappa shape index (κ1) is 19.4. The SMILES string of the molecule is COC(=O)c1cc2ccccc2cc1NC(=O)CSc1nnnn1C1CCCC1. The van der Waals surface area contributed by atoms with Crippen LogP contribution >= 0.6 is 11.8 Å². The van der Waals surface area contributed by atoms with Gasteiger partial charge in [-0.15, -0.1) is 5.10 Å². The van der Waals surface area contributed by atoms with Crippen molar-refractivity contribution in [2.75, 3.05) is 18.2 Å². The van der Waals surface area contributed by atoms with Crippen LogP contribution < -0.4 is 5.32 Å². The summed E-state index contributed by atoms with van der Waals surface area (Å²) < 4.78 is 6.69. The van der Waals surface area contributed by atoms with Crippen molar-refractivity contribution in [3.63, 3.8) is 0 Å². The van der Waals surface area contributed by atoms with E-state index in [0.717, 1.165) is 23.6 Å². The summed E-state index contributed by atoms with van der Waals surface area (Å²) in [7, 11) is 1.32. The number of carbonyl (C=O) groups is 2. The Morgan fingerprint density at radius 2 is 1.93 bits per heavy atom. The highest BCUT2D eigenvalue weighted by Crippen LogP contribution is 2.31. The summed E-state index contributed by atoms with van der Waals surface area (Å²) in [5, 5.41) is 17.2. The maximum atomic E-state index is 12.6. The molecule has 1 amide bonds. The average Bonchev–Trinajstić information content (AvgIpc) is 3.42. The first-order valence-corrected chi connectivity index (χ1v) is 10.5. The van der Waals surface area contributed by atoms with Crippen molar-refractivity contribution in [1.82, 2.24) is 20.2 Å². The van der Waals surface area contributed by atoms with Gasteiger partial charge in [-0.3, -0.25) is 4.79 Å². The number of hydrogen-bond donors (Lipinski definition) is 1. The molecule has 0 atom stereocenters. The van der Waals surface area contributed by atoms with Gasteiger partial charge in [0.15, 0.2) is 0 Å². The monoisotopic (exact) mass is 411 g/mol. The number of nitrogens with one attached hydrogen (secondary N) is 1. The minimum absolute atomic E-state index is 0.139. The summed E-state index contributed by atoms with van der Waals surface area (Å²) in [5.74, 6) is -0.596. The number of rotatable bonds is 6. The molecule has 8 nitrogen and oxygen atoms in total. The number of methoxy groups -OCH3 is 1. The molecule has 0 bridgehead atoms. The zero-order chi connectivity index (χ0) is 20.2. The van der Waals surface area contributed by atoms with E-state index in [1.54, 1.807) is 12.1 Å². The second-order valence-electron chi connectivity index (χ2n) is 6.92. The summed E-state index contributed by atoms with van der Waals surface area (Å²) >= 11 is 1.29. The van der Waals surface area contributed by atoms with Gasteiger partial charge >= 0.3 is 5.97 Å². The van der Waals surface area contributed by atoms with E-state index in [9.17, 15) is 9.59 Å². The summed E-state index contributed by atoms with van der Waals surface area (Å²) in [4.78, 5) is 24.8. The number of anilines is 1. The lowest BCUT2D eigenvalue weighted by atomic mass is 10.0. The van der Waals surface area contributed by atoms with Gasteiger partial charge in [-0.25, -0.2) is 9.48 Å². The molecule has 0 spiro atoms. The van der Waals surface area contributed by atoms with E-state index in [1.165, 1.54) is 31.7 Å². The van der Waals surface area contributed by atoms with E-state index in [1.807, 2.05) is 28.9 Å². The van der Waals surface area contributed by atoms with Crippen molar-refractivity contribution in [1.29, 1.82) is 0 Å². The van der Waals surface area contributed by atoms with Gasteiger partial charge in [0.1, 0.15) is 0 Å². The van der Waals surface area contributed by atoms with Crippen molar-refractivity contribution in [3.05, 3.63) is 42.0 Å². The Kier molecular flexibility index (Phi) is 5.75. The van der Waals surface area contributed by atoms with Crippen LogP contribution in [0.5, 0.6) is 0 Å². The van der Waals surface area contributed by atoms with Gasteiger partial charge in [0.2, 0.25) is 11.1 Å². The molecule has 1 aliphatic rings. The van der Waals surface area contributed by atoms with Gasteiger partial charge in [-0.1, -0.05) is 48.9 Å². The fourth-order valence-corrected chi connectivity index (χ4v) is 4.34. The van der Waals surface area contributed by atoms with E-state index in [-0.39, 0.29) is 11.7 Å². The number of ether oxygens (including phenoxy) is 1. The van der Waals surface area contributed by atoms with Gasteiger partial charge in [-0.2, -0.15) is 0 Å². The number of nitrogens with zero attached hydrogens (tertiary/aromatic N) is 4. The van der Waals surface area contributed by atoms with Crippen LogP contribution in [0.3, 0.4) is 0 Å². The highest BCUT2D eigenvalue weighted by Gasteiger charge is 2.22. The molecular weight excluding hydrogens is 390 g/mol. The van der Waals surface area contributed by atoms with Crippen LogP contribution in [0, 0.1) is 0 Å². The molecule has 1 aromatic heterocycles. The molecule has 3 aromatic rings. The van der Waals surface area contributed by atoms with E-state index >= 15 is 0 Å². The molecule has 0 radical (unpaired) electrons. The molecule has 0 saturated heterocycles.